The second kappa shape index (κ2) is 8.70. The van der Waals surface area contributed by atoms with Gasteiger partial charge in [-0.3, -0.25) is 9.59 Å². The maximum atomic E-state index is 12.5. The Morgan fingerprint density at radius 3 is 2.74 bits per heavy atom. The van der Waals surface area contributed by atoms with Crippen molar-refractivity contribution in [2.75, 3.05) is 26.7 Å². The summed E-state index contributed by atoms with van der Waals surface area (Å²) in [6, 6.07) is 3.30. The van der Waals surface area contributed by atoms with Gasteiger partial charge in [-0.1, -0.05) is 6.92 Å². The molecule has 0 radical (unpaired) electrons. The molecule has 2 atom stereocenters. The molecule has 0 spiro atoms. The maximum Gasteiger partial charge on any atom is 0.289 e. The lowest BCUT2D eigenvalue weighted by atomic mass is 9.92. The first kappa shape index (κ1) is 20.0. The van der Waals surface area contributed by atoms with E-state index in [0.717, 1.165) is 12.8 Å². The van der Waals surface area contributed by atoms with Gasteiger partial charge in [0.05, 0.1) is 6.54 Å². The molecule has 1 saturated heterocycles. The lowest BCUT2D eigenvalue weighted by molar-refractivity contribution is -0.135. The van der Waals surface area contributed by atoms with E-state index in [2.05, 4.69) is 22.9 Å². The van der Waals surface area contributed by atoms with Gasteiger partial charge in [0.25, 0.3) is 5.91 Å². The van der Waals surface area contributed by atoms with Gasteiger partial charge >= 0.3 is 0 Å². The number of furan rings is 1. The monoisotopic (exact) mass is 407 g/mol. The summed E-state index contributed by atoms with van der Waals surface area (Å²) in [6.07, 6.45) is 1.90. The maximum absolute atomic E-state index is 12.5. The smallest absolute Gasteiger partial charge is 0.289 e. The zero-order chi connectivity index (χ0) is 16.3. The molecule has 0 saturated carbocycles. The minimum atomic E-state index is -0.311. The Kier molecular flexibility index (Phi) is 7.57. The molecule has 2 heterocycles. The van der Waals surface area contributed by atoms with Gasteiger partial charge in [0.2, 0.25) is 5.91 Å². The third kappa shape index (κ3) is 4.96. The molecule has 6 nitrogen and oxygen atoms in total. The molecule has 1 aliphatic rings. The Bertz CT molecular complexity index is 552. The molecule has 0 bridgehead atoms. The van der Waals surface area contributed by atoms with Gasteiger partial charge in [-0.15, -0.1) is 12.4 Å². The molecule has 1 aromatic heterocycles. The molecule has 0 aromatic carbocycles. The Morgan fingerprint density at radius 1 is 1.48 bits per heavy atom. The van der Waals surface area contributed by atoms with Crippen LogP contribution < -0.4 is 5.73 Å². The molecule has 130 valence electrons. The van der Waals surface area contributed by atoms with Crippen LogP contribution in [0.15, 0.2) is 21.2 Å². The number of hydrogen-bond acceptors (Lipinski definition) is 4. The molecular weight excluding hydrogens is 386 g/mol. The van der Waals surface area contributed by atoms with E-state index in [-0.39, 0.29) is 42.6 Å². The lowest BCUT2D eigenvalue weighted by Gasteiger charge is -2.38. The number of rotatable bonds is 4. The molecule has 2 unspecified atom stereocenters. The molecule has 23 heavy (non-hydrogen) atoms. The van der Waals surface area contributed by atoms with Gasteiger partial charge < -0.3 is 20.0 Å². The van der Waals surface area contributed by atoms with Crippen LogP contribution in [0.25, 0.3) is 0 Å². The molecule has 2 rings (SSSR count). The Labute approximate surface area is 150 Å². The van der Waals surface area contributed by atoms with E-state index >= 15 is 0 Å². The summed E-state index contributed by atoms with van der Waals surface area (Å²) in [5, 5.41) is 0. The molecule has 0 aliphatic carbocycles. The number of halogens is 2. The summed E-state index contributed by atoms with van der Waals surface area (Å²) in [6.45, 7) is 3.37. The highest BCUT2D eigenvalue weighted by atomic mass is 79.9. The summed E-state index contributed by atoms with van der Waals surface area (Å²) in [5.74, 6) is 0.416. The van der Waals surface area contributed by atoms with Crippen LogP contribution in [-0.2, 0) is 4.79 Å². The number of nitrogens with zero attached hydrogens (tertiary/aromatic N) is 2. The third-order valence-electron chi connectivity index (χ3n) is 4.07. The van der Waals surface area contributed by atoms with Crippen molar-refractivity contribution in [3.05, 3.63) is 22.6 Å². The van der Waals surface area contributed by atoms with Gasteiger partial charge in [-0.25, -0.2) is 0 Å². The average Bonchev–Trinajstić information content (AvgIpc) is 2.92. The van der Waals surface area contributed by atoms with Crippen molar-refractivity contribution in [1.82, 2.24) is 9.80 Å². The van der Waals surface area contributed by atoms with Crippen LogP contribution in [0.2, 0.25) is 0 Å². The summed E-state index contributed by atoms with van der Waals surface area (Å²) >= 11 is 3.16. The zero-order valence-electron chi connectivity index (χ0n) is 13.3. The topological polar surface area (TPSA) is 79.8 Å². The number of piperidine rings is 1. The van der Waals surface area contributed by atoms with Crippen molar-refractivity contribution in [2.45, 2.75) is 25.8 Å². The fraction of sp³-hybridized carbons (Fsp3) is 0.600. The summed E-state index contributed by atoms with van der Waals surface area (Å²) in [7, 11) is 1.60. The standard InChI is InChI=1S/C15H22BrN3O3.ClH/c1-10-5-6-19(11(7-10)8-17)14(20)9-18(2)15(21)12-3-4-13(16)22-12;/h3-4,10-11H,5-9,17H2,1-2H3;1H. The van der Waals surface area contributed by atoms with Crippen LogP contribution >= 0.6 is 28.3 Å². The molecular formula is C15H23BrClN3O3. The number of carbonyl (C=O) groups is 2. The third-order valence-corrected chi connectivity index (χ3v) is 4.50. The van der Waals surface area contributed by atoms with Crippen LogP contribution in [-0.4, -0.2) is 54.3 Å². The first-order valence-corrected chi connectivity index (χ1v) is 8.22. The summed E-state index contributed by atoms with van der Waals surface area (Å²) in [4.78, 5) is 27.8. The van der Waals surface area contributed by atoms with Crippen molar-refractivity contribution in [3.63, 3.8) is 0 Å². The average molecular weight is 409 g/mol. The fourth-order valence-electron chi connectivity index (χ4n) is 2.79. The highest BCUT2D eigenvalue weighted by Crippen LogP contribution is 2.22. The van der Waals surface area contributed by atoms with E-state index in [0.29, 0.717) is 23.7 Å². The van der Waals surface area contributed by atoms with Crippen molar-refractivity contribution in [3.8, 4) is 0 Å². The van der Waals surface area contributed by atoms with Gasteiger partial charge in [-0.05, 0) is 46.8 Å². The van der Waals surface area contributed by atoms with Crippen molar-refractivity contribution in [1.29, 1.82) is 0 Å². The molecule has 8 heteroatoms. The second-order valence-electron chi connectivity index (χ2n) is 5.87. The fourth-order valence-corrected chi connectivity index (χ4v) is 3.09. The Hall–Kier alpha value is -1.05. The molecule has 2 N–H and O–H groups in total. The van der Waals surface area contributed by atoms with Crippen molar-refractivity contribution < 1.29 is 14.0 Å². The van der Waals surface area contributed by atoms with Gasteiger partial charge in [0, 0.05) is 26.2 Å². The first-order chi connectivity index (χ1) is 10.4. The lowest BCUT2D eigenvalue weighted by Crippen LogP contribution is -2.52. The number of likely N-dealkylation sites (tertiary alicyclic amines) is 1. The first-order valence-electron chi connectivity index (χ1n) is 7.42. The van der Waals surface area contributed by atoms with E-state index in [1.807, 2.05) is 4.90 Å². The van der Waals surface area contributed by atoms with Crippen LogP contribution in [0, 0.1) is 5.92 Å². The number of likely N-dealkylation sites (N-methyl/N-ethyl adjacent to an activating group) is 1. The predicted molar refractivity (Wildman–Crippen MR) is 93.6 cm³/mol. The molecule has 1 aliphatic heterocycles. The van der Waals surface area contributed by atoms with Gasteiger partial charge in [0.15, 0.2) is 10.4 Å². The minimum absolute atomic E-state index is 0. The van der Waals surface area contributed by atoms with E-state index < -0.39 is 0 Å². The number of carbonyl (C=O) groups excluding carboxylic acids is 2. The molecule has 1 fully saturated rings. The van der Waals surface area contributed by atoms with Crippen molar-refractivity contribution in [2.24, 2.45) is 11.7 Å². The van der Waals surface area contributed by atoms with Crippen LogP contribution in [0.3, 0.4) is 0 Å². The second-order valence-corrected chi connectivity index (χ2v) is 6.65. The SMILES string of the molecule is CC1CCN(C(=O)CN(C)C(=O)c2ccc(Br)o2)C(CN)C1.Cl. The quantitative estimate of drug-likeness (QED) is 0.827. The summed E-state index contributed by atoms with van der Waals surface area (Å²) in [5.41, 5.74) is 5.78. The Morgan fingerprint density at radius 2 is 2.17 bits per heavy atom. The number of amides is 2. The highest BCUT2D eigenvalue weighted by Gasteiger charge is 2.30. The Balaban J connectivity index is 0.00000264. The van der Waals surface area contributed by atoms with E-state index in [1.165, 1.54) is 4.90 Å². The highest BCUT2D eigenvalue weighted by molar-refractivity contribution is 9.10. The van der Waals surface area contributed by atoms with Gasteiger partial charge in [0.1, 0.15) is 0 Å². The normalized spacial score (nSPS) is 20.8. The van der Waals surface area contributed by atoms with Gasteiger partial charge in [-0.2, -0.15) is 0 Å². The largest absolute Gasteiger partial charge is 0.444 e. The van der Waals surface area contributed by atoms with E-state index in [4.69, 9.17) is 10.2 Å². The summed E-state index contributed by atoms with van der Waals surface area (Å²) < 4.78 is 5.72. The predicted octanol–water partition coefficient (Wildman–Crippen LogP) is 2.12. The van der Waals surface area contributed by atoms with Crippen LogP contribution in [0.4, 0.5) is 0 Å². The molecule has 2 amide bonds. The minimum Gasteiger partial charge on any atom is -0.444 e. The number of hydrogen-bond donors (Lipinski definition) is 1. The van der Waals surface area contributed by atoms with Crippen LogP contribution in [0.5, 0.6) is 0 Å². The van der Waals surface area contributed by atoms with Crippen LogP contribution in [0.1, 0.15) is 30.3 Å². The number of nitrogens with two attached hydrogens (primary N) is 1. The van der Waals surface area contributed by atoms with Crippen molar-refractivity contribution >= 4 is 40.2 Å². The molecule has 1 aromatic rings. The van der Waals surface area contributed by atoms with E-state index in [1.54, 1.807) is 19.2 Å². The zero-order valence-corrected chi connectivity index (χ0v) is 15.7. The van der Waals surface area contributed by atoms with E-state index in [9.17, 15) is 9.59 Å².